The van der Waals surface area contributed by atoms with Crippen LogP contribution in [0.15, 0.2) is 23.7 Å². The first kappa shape index (κ1) is 12.5. The maximum absolute atomic E-state index is 5.69. The van der Waals surface area contributed by atoms with Gasteiger partial charge in [0.25, 0.3) is 0 Å². The number of rotatable bonds is 7. The number of unbranched alkanes of at least 4 members (excludes halogenated alkanes) is 1. The Hall–Kier alpha value is -1.52. The van der Waals surface area contributed by atoms with Crippen molar-refractivity contribution in [2.75, 3.05) is 13.1 Å². The number of nitrogens with two attached hydrogens (primary N) is 1. The summed E-state index contributed by atoms with van der Waals surface area (Å²) < 4.78 is 2.04. The van der Waals surface area contributed by atoms with Gasteiger partial charge in [-0.2, -0.15) is 0 Å². The number of aliphatic imine (C=N–C) groups is 1. The zero-order valence-electron chi connectivity index (χ0n) is 9.89. The fourth-order valence-electron chi connectivity index (χ4n) is 1.32. The number of hydrogen-bond acceptors (Lipinski definition) is 2. The second kappa shape index (κ2) is 7.73. The standard InChI is InChI=1S/C11H21N5/c1-2-3-5-14-11(12)15-6-4-8-16-9-7-13-10-16/h7,9-10H,2-6,8H2,1H3,(H3,12,14,15). The minimum absolute atomic E-state index is 0.555. The molecule has 0 aliphatic heterocycles. The van der Waals surface area contributed by atoms with Crippen molar-refractivity contribution < 1.29 is 0 Å². The predicted octanol–water partition coefficient (Wildman–Crippen LogP) is 0.978. The van der Waals surface area contributed by atoms with Gasteiger partial charge in [-0.15, -0.1) is 0 Å². The molecule has 0 atom stereocenters. The van der Waals surface area contributed by atoms with Gasteiger partial charge in [-0.1, -0.05) is 13.3 Å². The lowest BCUT2D eigenvalue weighted by molar-refractivity contribution is 0.648. The maximum Gasteiger partial charge on any atom is 0.188 e. The Bertz CT molecular complexity index is 291. The highest BCUT2D eigenvalue weighted by atomic mass is 15.1. The highest BCUT2D eigenvalue weighted by Crippen LogP contribution is 1.90. The first-order chi connectivity index (χ1) is 7.83. The van der Waals surface area contributed by atoms with Crippen LogP contribution in [0.1, 0.15) is 26.2 Å². The van der Waals surface area contributed by atoms with Gasteiger partial charge in [0.1, 0.15) is 0 Å². The largest absolute Gasteiger partial charge is 0.370 e. The van der Waals surface area contributed by atoms with Crippen molar-refractivity contribution in [1.29, 1.82) is 0 Å². The maximum atomic E-state index is 5.69. The molecule has 5 heteroatoms. The zero-order chi connectivity index (χ0) is 11.6. The lowest BCUT2D eigenvalue weighted by atomic mass is 10.3. The smallest absolute Gasteiger partial charge is 0.188 e. The number of aryl methyl sites for hydroxylation is 1. The van der Waals surface area contributed by atoms with Gasteiger partial charge >= 0.3 is 0 Å². The van der Waals surface area contributed by atoms with Gasteiger partial charge in [0.2, 0.25) is 0 Å². The second-order valence-corrected chi connectivity index (χ2v) is 3.70. The van der Waals surface area contributed by atoms with Crippen LogP contribution in [0, 0.1) is 0 Å². The number of nitrogens with zero attached hydrogens (tertiary/aromatic N) is 3. The van der Waals surface area contributed by atoms with Gasteiger partial charge in [-0.25, -0.2) is 4.98 Å². The van der Waals surface area contributed by atoms with Crippen LogP contribution in [-0.2, 0) is 6.54 Å². The van der Waals surface area contributed by atoms with Crippen molar-refractivity contribution in [1.82, 2.24) is 14.9 Å². The number of nitrogens with one attached hydrogen (secondary N) is 1. The Balaban J connectivity index is 2.06. The first-order valence-electron chi connectivity index (χ1n) is 5.82. The molecule has 0 fully saturated rings. The van der Waals surface area contributed by atoms with Crippen LogP contribution in [0.2, 0.25) is 0 Å². The molecule has 90 valence electrons. The van der Waals surface area contributed by atoms with Crippen LogP contribution in [0.4, 0.5) is 0 Å². The van der Waals surface area contributed by atoms with E-state index in [9.17, 15) is 0 Å². The monoisotopic (exact) mass is 223 g/mol. The molecule has 0 spiro atoms. The Morgan fingerprint density at radius 2 is 2.38 bits per heavy atom. The quantitative estimate of drug-likeness (QED) is 0.411. The molecule has 3 N–H and O–H groups in total. The van der Waals surface area contributed by atoms with Gasteiger partial charge in [-0.05, 0) is 12.8 Å². The van der Waals surface area contributed by atoms with E-state index in [1.54, 1.807) is 6.20 Å². The summed E-state index contributed by atoms with van der Waals surface area (Å²) in [5.74, 6) is 0.555. The van der Waals surface area contributed by atoms with E-state index < -0.39 is 0 Å². The fourth-order valence-corrected chi connectivity index (χ4v) is 1.32. The summed E-state index contributed by atoms with van der Waals surface area (Å²) in [6.45, 7) is 4.75. The average Bonchev–Trinajstić information content (AvgIpc) is 2.78. The van der Waals surface area contributed by atoms with E-state index in [1.165, 1.54) is 6.42 Å². The van der Waals surface area contributed by atoms with Crippen molar-refractivity contribution in [3.63, 3.8) is 0 Å². The number of aromatic nitrogens is 2. The van der Waals surface area contributed by atoms with Crippen LogP contribution in [0.25, 0.3) is 0 Å². The summed E-state index contributed by atoms with van der Waals surface area (Å²) in [4.78, 5) is 8.22. The van der Waals surface area contributed by atoms with Crippen LogP contribution in [0.3, 0.4) is 0 Å². The summed E-state index contributed by atoms with van der Waals surface area (Å²) in [6, 6.07) is 0. The molecule has 5 nitrogen and oxygen atoms in total. The third-order valence-corrected chi connectivity index (χ3v) is 2.25. The lowest BCUT2D eigenvalue weighted by Gasteiger charge is -2.04. The van der Waals surface area contributed by atoms with E-state index >= 15 is 0 Å². The van der Waals surface area contributed by atoms with E-state index in [2.05, 4.69) is 22.2 Å². The fraction of sp³-hybridized carbons (Fsp3) is 0.636. The molecular weight excluding hydrogens is 202 g/mol. The molecule has 0 saturated heterocycles. The van der Waals surface area contributed by atoms with Crippen LogP contribution in [0.5, 0.6) is 0 Å². The summed E-state index contributed by atoms with van der Waals surface area (Å²) in [7, 11) is 0. The normalized spacial score (nSPS) is 11.7. The van der Waals surface area contributed by atoms with Crippen molar-refractivity contribution in [3.05, 3.63) is 18.7 Å². The Labute approximate surface area is 96.8 Å². The molecule has 0 unspecified atom stereocenters. The molecule has 1 aromatic rings. The second-order valence-electron chi connectivity index (χ2n) is 3.70. The summed E-state index contributed by atoms with van der Waals surface area (Å²) in [6.07, 6.45) is 8.82. The molecule has 0 aliphatic rings. The van der Waals surface area contributed by atoms with Gasteiger partial charge in [0.15, 0.2) is 5.96 Å². The van der Waals surface area contributed by atoms with Crippen molar-refractivity contribution >= 4 is 5.96 Å². The SMILES string of the molecule is CCCCNC(N)=NCCCn1ccnc1. The minimum Gasteiger partial charge on any atom is -0.370 e. The van der Waals surface area contributed by atoms with Crippen LogP contribution >= 0.6 is 0 Å². The van der Waals surface area contributed by atoms with Crippen molar-refractivity contribution in [2.24, 2.45) is 10.7 Å². The molecule has 0 bridgehead atoms. The molecule has 1 aromatic heterocycles. The third-order valence-electron chi connectivity index (χ3n) is 2.25. The van der Waals surface area contributed by atoms with E-state index in [0.29, 0.717) is 5.96 Å². The highest BCUT2D eigenvalue weighted by Gasteiger charge is 1.92. The average molecular weight is 223 g/mol. The number of guanidine groups is 1. The molecule has 0 radical (unpaired) electrons. The van der Waals surface area contributed by atoms with E-state index in [-0.39, 0.29) is 0 Å². The number of imidazole rings is 1. The zero-order valence-corrected chi connectivity index (χ0v) is 9.89. The molecule has 1 rings (SSSR count). The van der Waals surface area contributed by atoms with Crippen molar-refractivity contribution in [3.8, 4) is 0 Å². The molecule has 16 heavy (non-hydrogen) atoms. The third kappa shape index (κ3) is 5.38. The Morgan fingerprint density at radius 3 is 3.06 bits per heavy atom. The molecule has 1 heterocycles. The van der Waals surface area contributed by atoms with E-state index in [1.807, 2.05) is 17.1 Å². The summed E-state index contributed by atoms with van der Waals surface area (Å²) >= 11 is 0. The topological polar surface area (TPSA) is 68.2 Å². The summed E-state index contributed by atoms with van der Waals surface area (Å²) in [5.41, 5.74) is 5.69. The van der Waals surface area contributed by atoms with Crippen LogP contribution < -0.4 is 11.1 Å². The van der Waals surface area contributed by atoms with Gasteiger partial charge in [0.05, 0.1) is 6.33 Å². The number of hydrogen-bond donors (Lipinski definition) is 2. The molecule has 0 saturated carbocycles. The predicted molar refractivity (Wildman–Crippen MR) is 66.2 cm³/mol. The highest BCUT2D eigenvalue weighted by molar-refractivity contribution is 5.77. The molecule has 0 amide bonds. The van der Waals surface area contributed by atoms with Crippen LogP contribution in [-0.4, -0.2) is 28.6 Å². The van der Waals surface area contributed by atoms with Gasteiger partial charge < -0.3 is 15.6 Å². The van der Waals surface area contributed by atoms with Gasteiger partial charge in [0, 0.05) is 32.0 Å². The lowest BCUT2D eigenvalue weighted by Crippen LogP contribution is -2.32. The van der Waals surface area contributed by atoms with Gasteiger partial charge in [-0.3, -0.25) is 4.99 Å². The van der Waals surface area contributed by atoms with E-state index in [0.717, 1.165) is 32.5 Å². The van der Waals surface area contributed by atoms with E-state index in [4.69, 9.17) is 5.73 Å². The Kier molecular flexibility index (Phi) is 6.06. The minimum atomic E-state index is 0.555. The Morgan fingerprint density at radius 1 is 1.50 bits per heavy atom. The first-order valence-corrected chi connectivity index (χ1v) is 5.82. The molecule has 0 aliphatic carbocycles. The molecule has 0 aromatic carbocycles. The van der Waals surface area contributed by atoms with Crippen molar-refractivity contribution in [2.45, 2.75) is 32.7 Å². The summed E-state index contributed by atoms with van der Waals surface area (Å²) in [5, 5.41) is 3.09. The molecular formula is C11H21N5.